The summed E-state index contributed by atoms with van der Waals surface area (Å²) in [6.07, 6.45) is 0.287. The van der Waals surface area contributed by atoms with Crippen LogP contribution in [0.1, 0.15) is 23.1 Å². The molecular weight excluding hydrogens is 376 g/mol. The molecule has 0 aliphatic rings. The fourth-order valence-corrected chi connectivity index (χ4v) is 4.53. The van der Waals surface area contributed by atoms with E-state index in [1.165, 1.54) is 4.31 Å². The highest BCUT2D eigenvalue weighted by Crippen LogP contribution is 2.20. The summed E-state index contributed by atoms with van der Waals surface area (Å²) in [6.45, 7) is 3.77. The third kappa shape index (κ3) is 4.32. The fourth-order valence-electron chi connectivity index (χ4n) is 3.07. The van der Waals surface area contributed by atoms with E-state index in [-0.39, 0.29) is 36.6 Å². The molecule has 6 nitrogen and oxygen atoms in total. The van der Waals surface area contributed by atoms with Crippen LogP contribution in [-0.2, 0) is 16.6 Å². The lowest BCUT2D eigenvalue weighted by Gasteiger charge is -2.22. The highest BCUT2D eigenvalue weighted by Gasteiger charge is 2.25. The van der Waals surface area contributed by atoms with Crippen LogP contribution in [0.4, 0.5) is 0 Å². The fraction of sp³-hybridized carbons (Fsp3) is 0.286. The van der Waals surface area contributed by atoms with Gasteiger partial charge in [0.1, 0.15) is 0 Å². The molecule has 0 bridgehead atoms. The second-order valence-electron chi connectivity index (χ2n) is 6.94. The van der Waals surface area contributed by atoms with Gasteiger partial charge in [-0.25, -0.2) is 8.42 Å². The van der Waals surface area contributed by atoms with Gasteiger partial charge in [0.15, 0.2) is 0 Å². The zero-order chi connectivity index (χ0) is 20.3. The van der Waals surface area contributed by atoms with Gasteiger partial charge < -0.3 is 10.1 Å². The van der Waals surface area contributed by atoms with E-state index in [1.807, 2.05) is 32.0 Å². The Kier molecular flexibility index (Phi) is 5.98. The van der Waals surface area contributed by atoms with Gasteiger partial charge in [-0.15, -0.1) is 0 Å². The van der Waals surface area contributed by atoms with Crippen LogP contribution in [0.15, 0.2) is 58.2 Å². The molecule has 0 amide bonds. The molecule has 148 valence electrons. The number of H-pyrrole nitrogens is 1. The first-order chi connectivity index (χ1) is 13.3. The van der Waals surface area contributed by atoms with Crippen LogP contribution in [0.25, 0.3) is 10.9 Å². The molecule has 3 aromatic rings. The van der Waals surface area contributed by atoms with Crippen molar-refractivity contribution in [1.82, 2.24) is 9.29 Å². The molecule has 0 unspecified atom stereocenters. The van der Waals surface area contributed by atoms with Gasteiger partial charge in [-0.05, 0) is 56.0 Å². The van der Waals surface area contributed by atoms with Crippen molar-refractivity contribution < 1.29 is 13.5 Å². The van der Waals surface area contributed by atoms with E-state index in [9.17, 15) is 18.3 Å². The standard InChI is InChI=1S/C21H24N2O4S/c1-15-4-7-19(8-5-15)28(26,27)23(10-3-11-24)14-18-13-17-12-16(2)6-9-20(17)22-21(18)25/h4-9,12-13,24H,3,10-11,14H2,1-2H3,(H,22,25). The van der Waals surface area contributed by atoms with Gasteiger partial charge in [-0.2, -0.15) is 4.31 Å². The summed E-state index contributed by atoms with van der Waals surface area (Å²) in [4.78, 5) is 15.5. The van der Waals surface area contributed by atoms with E-state index < -0.39 is 10.0 Å². The number of hydrogen-bond acceptors (Lipinski definition) is 4. The molecule has 0 radical (unpaired) electrons. The predicted octanol–water partition coefficient (Wildman–Crippen LogP) is 2.72. The van der Waals surface area contributed by atoms with Crippen molar-refractivity contribution in [2.24, 2.45) is 0 Å². The van der Waals surface area contributed by atoms with E-state index in [0.717, 1.165) is 16.5 Å². The first kappa shape index (κ1) is 20.3. The molecule has 28 heavy (non-hydrogen) atoms. The van der Waals surface area contributed by atoms with Gasteiger partial charge in [0.25, 0.3) is 5.56 Å². The number of pyridine rings is 1. The minimum Gasteiger partial charge on any atom is -0.396 e. The lowest BCUT2D eigenvalue weighted by atomic mass is 10.1. The largest absolute Gasteiger partial charge is 0.396 e. The molecule has 2 N–H and O–H groups in total. The van der Waals surface area contributed by atoms with Gasteiger partial charge in [-0.1, -0.05) is 29.3 Å². The predicted molar refractivity (Wildman–Crippen MR) is 110 cm³/mol. The van der Waals surface area contributed by atoms with Crippen molar-refractivity contribution in [2.75, 3.05) is 13.2 Å². The van der Waals surface area contributed by atoms with Gasteiger partial charge in [0.05, 0.1) is 4.90 Å². The molecule has 0 aliphatic carbocycles. The summed E-state index contributed by atoms with van der Waals surface area (Å²) in [5.74, 6) is 0. The Labute approximate surface area is 164 Å². The van der Waals surface area contributed by atoms with E-state index in [1.54, 1.807) is 30.3 Å². The highest BCUT2D eigenvalue weighted by molar-refractivity contribution is 7.89. The number of sulfonamides is 1. The quantitative estimate of drug-likeness (QED) is 0.638. The number of aliphatic hydroxyl groups is 1. The monoisotopic (exact) mass is 400 g/mol. The van der Waals surface area contributed by atoms with Crippen LogP contribution in [0.5, 0.6) is 0 Å². The van der Waals surface area contributed by atoms with Crippen molar-refractivity contribution in [2.45, 2.75) is 31.7 Å². The minimum absolute atomic E-state index is 0.0601. The van der Waals surface area contributed by atoms with Crippen molar-refractivity contribution in [3.63, 3.8) is 0 Å². The Morgan fingerprint density at radius 2 is 1.68 bits per heavy atom. The average molecular weight is 401 g/mol. The summed E-state index contributed by atoms with van der Waals surface area (Å²) in [6, 6.07) is 14.0. The Bertz CT molecular complexity index is 1140. The van der Waals surface area contributed by atoms with Crippen LogP contribution < -0.4 is 5.56 Å². The molecule has 0 spiro atoms. The number of nitrogens with zero attached hydrogens (tertiary/aromatic N) is 1. The maximum Gasteiger partial charge on any atom is 0.252 e. The summed E-state index contributed by atoms with van der Waals surface area (Å²) in [5.41, 5.74) is 2.77. The number of rotatable bonds is 7. The topological polar surface area (TPSA) is 90.5 Å². The zero-order valence-corrected chi connectivity index (χ0v) is 16.8. The molecular formula is C21H24N2O4S. The molecule has 3 rings (SSSR count). The van der Waals surface area contributed by atoms with Gasteiger partial charge in [-0.3, -0.25) is 4.79 Å². The molecule has 1 aromatic heterocycles. The molecule has 0 fully saturated rings. The minimum atomic E-state index is -3.80. The zero-order valence-electron chi connectivity index (χ0n) is 16.0. The Balaban J connectivity index is 2.01. The lowest BCUT2D eigenvalue weighted by Crippen LogP contribution is -2.34. The maximum atomic E-state index is 13.1. The van der Waals surface area contributed by atoms with Crippen LogP contribution in [0.2, 0.25) is 0 Å². The number of aryl methyl sites for hydroxylation is 2. The third-order valence-electron chi connectivity index (χ3n) is 4.65. The van der Waals surface area contributed by atoms with Crippen LogP contribution >= 0.6 is 0 Å². The van der Waals surface area contributed by atoms with E-state index in [2.05, 4.69) is 4.98 Å². The maximum absolute atomic E-state index is 13.1. The first-order valence-electron chi connectivity index (χ1n) is 9.11. The first-order valence-corrected chi connectivity index (χ1v) is 10.6. The van der Waals surface area contributed by atoms with Crippen molar-refractivity contribution in [3.05, 3.63) is 75.6 Å². The lowest BCUT2D eigenvalue weighted by molar-refractivity contribution is 0.267. The average Bonchev–Trinajstić information content (AvgIpc) is 2.66. The normalized spacial score (nSPS) is 12.0. The summed E-state index contributed by atoms with van der Waals surface area (Å²) < 4.78 is 27.5. The van der Waals surface area contributed by atoms with Gasteiger partial charge in [0, 0.05) is 30.8 Å². The second kappa shape index (κ2) is 8.26. The molecule has 7 heteroatoms. The third-order valence-corrected chi connectivity index (χ3v) is 6.51. The molecule has 1 heterocycles. The van der Waals surface area contributed by atoms with E-state index >= 15 is 0 Å². The van der Waals surface area contributed by atoms with Crippen LogP contribution in [-0.4, -0.2) is 36.0 Å². The number of fused-ring (bicyclic) bond motifs is 1. The van der Waals surface area contributed by atoms with Crippen molar-refractivity contribution >= 4 is 20.9 Å². The summed E-state index contributed by atoms with van der Waals surface area (Å²) in [7, 11) is -3.80. The van der Waals surface area contributed by atoms with Crippen molar-refractivity contribution in [3.8, 4) is 0 Å². The SMILES string of the molecule is Cc1ccc(S(=O)(=O)N(CCCO)Cc2cc3cc(C)ccc3[nH]c2=O)cc1. The molecule has 0 aliphatic heterocycles. The van der Waals surface area contributed by atoms with Gasteiger partial charge in [0.2, 0.25) is 10.0 Å². The van der Waals surface area contributed by atoms with Crippen LogP contribution in [0.3, 0.4) is 0 Å². The molecule has 0 saturated carbocycles. The number of aromatic nitrogens is 1. The smallest absolute Gasteiger partial charge is 0.252 e. The number of aromatic amines is 1. The Morgan fingerprint density at radius 1 is 1.00 bits per heavy atom. The molecule has 2 aromatic carbocycles. The molecule has 0 atom stereocenters. The van der Waals surface area contributed by atoms with Crippen molar-refractivity contribution in [1.29, 1.82) is 0 Å². The second-order valence-corrected chi connectivity index (χ2v) is 8.88. The molecule has 0 saturated heterocycles. The highest BCUT2D eigenvalue weighted by atomic mass is 32.2. The van der Waals surface area contributed by atoms with E-state index in [0.29, 0.717) is 11.1 Å². The summed E-state index contributed by atoms with van der Waals surface area (Å²) in [5, 5.41) is 10.0. The van der Waals surface area contributed by atoms with Gasteiger partial charge >= 0.3 is 0 Å². The number of nitrogens with one attached hydrogen (secondary N) is 1. The van der Waals surface area contributed by atoms with Crippen LogP contribution in [0, 0.1) is 13.8 Å². The Morgan fingerprint density at radius 3 is 2.36 bits per heavy atom. The van der Waals surface area contributed by atoms with E-state index in [4.69, 9.17) is 0 Å². The Hall–Kier alpha value is -2.48. The number of hydrogen-bond donors (Lipinski definition) is 2. The number of aliphatic hydroxyl groups excluding tert-OH is 1. The summed E-state index contributed by atoms with van der Waals surface area (Å²) >= 11 is 0. The number of benzene rings is 2.